The molecule has 1 aromatic heterocycles. The van der Waals surface area contributed by atoms with Crippen LogP contribution in [0.1, 0.15) is 30.9 Å². The molecule has 2 N–H and O–H groups in total. The van der Waals surface area contributed by atoms with Crippen molar-refractivity contribution in [1.29, 1.82) is 0 Å². The van der Waals surface area contributed by atoms with Gasteiger partial charge in [-0.1, -0.05) is 19.1 Å². The van der Waals surface area contributed by atoms with Crippen molar-refractivity contribution in [2.75, 3.05) is 57.8 Å². The first kappa shape index (κ1) is 25.6. The van der Waals surface area contributed by atoms with Crippen LogP contribution in [0.25, 0.3) is 11.0 Å². The van der Waals surface area contributed by atoms with Gasteiger partial charge < -0.3 is 19.6 Å². The first-order valence-electron chi connectivity index (χ1n) is 12.7. The monoisotopic (exact) mass is 499 g/mol. The van der Waals surface area contributed by atoms with Gasteiger partial charge in [0.05, 0.1) is 23.8 Å². The largest absolute Gasteiger partial charge is 0.495 e. The van der Waals surface area contributed by atoms with Gasteiger partial charge in [0.25, 0.3) is 0 Å². The van der Waals surface area contributed by atoms with Gasteiger partial charge in [-0.15, -0.1) is 12.4 Å². The third-order valence-electron chi connectivity index (χ3n) is 7.57. The molecule has 7 nitrogen and oxygen atoms in total. The van der Waals surface area contributed by atoms with Crippen LogP contribution in [0.15, 0.2) is 41.2 Å². The Hall–Kier alpha value is -2.48. The lowest BCUT2D eigenvalue weighted by Gasteiger charge is -2.39. The first-order valence-corrected chi connectivity index (χ1v) is 12.7. The van der Waals surface area contributed by atoms with Crippen LogP contribution in [-0.4, -0.2) is 78.7 Å². The molecule has 3 aromatic rings. The van der Waals surface area contributed by atoms with E-state index < -0.39 is 0 Å². The van der Waals surface area contributed by atoms with Crippen LogP contribution in [0.4, 0.5) is 5.69 Å². The number of benzene rings is 2. The molecule has 0 amide bonds. The molecule has 8 heteroatoms. The molecular formula is C27H38ClN5O2. The maximum atomic E-state index is 11.7. The summed E-state index contributed by atoms with van der Waals surface area (Å²) in [4.78, 5) is 25.3. The number of nitrogens with one attached hydrogen (secondary N) is 2. The van der Waals surface area contributed by atoms with E-state index in [0.717, 1.165) is 75.4 Å². The van der Waals surface area contributed by atoms with Crippen LogP contribution in [-0.2, 0) is 12.8 Å². The predicted molar refractivity (Wildman–Crippen MR) is 145 cm³/mol. The highest BCUT2D eigenvalue weighted by Gasteiger charge is 2.26. The van der Waals surface area contributed by atoms with Crippen molar-refractivity contribution in [1.82, 2.24) is 19.8 Å². The van der Waals surface area contributed by atoms with E-state index in [4.69, 9.17) is 4.74 Å². The molecule has 5 rings (SSSR count). The van der Waals surface area contributed by atoms with Gasteiger partial charge in [-0.2, -0.15) is 0 Å². The molecule has 2 heterocycles. The smallest absolute Gasteiger partial charge is 0.323 e. The van der Waals surface area contributed by atoms with Gasteiger partial charge in [0.1, 0.15) is 5.75 Å². The number of aromatic amines is 2. The lowest BCUT2D eigenvalue weighted by molar-refractivity contribution is 0.145. The average molecular weight is 500 g/mol. The predicted octanol–water partition coefficient (Wildman–Crippen LogP) is 3.68. The third kappa shape index (κ3) is 5.68. The van der Waals surface area contributed by atoms with Gasteiger partial charge in [-0.25, -0.2) is 4.79 Å². The molecule has 2 aliphatic rings. The fourth-order valence-electron chi connectivity index (χ4n) is 5.72. The minimum absolute atomic E-state index is 0. The van der Waals surface area contributed by atoms with Crippen LogP contribution in [0.5, 0.6) is 5.75 Å². The number of piperazine rings is 1. The van der Waals surface area contributed by atoms with Gasteiger partial charge >= 0.3 is 5.69 Å². The summed E-state index contributed by atoms with van der Waals surface area (Å²) >= 11 is 0. The minimum Gasteiger partial charge on any atom is -0.495 e. The number of aryl methyl sites for hydroxylation is 1. The van der Waals surface area contributed by atoms with Gasteiger partial charge in [0, 0.05) is 45.3 Å². The van der Waals surface area contributed by atoms with E-state index in [0.29, 0.717) is 6.04 Å². The SMILES string of the molecule is CCCN(CCN1CCN(c2ccccc2OC)CC1)C1CCc2cc3[nH]c(=O)[nH]c3cc2C1.Cl. The number of nitrogens with zero attached hydrogens (tertiary/aromatic N) is 3. The van der Waals surface area contributed by atoms with E-state index in [-0.39, 0.29) is 18.1 Å². The van der Waals surface area contributed by atoms with E-state index in [1.165, 1.54) is 29.7 Å². The lowest BCUT2D eigenvalue weighted by Crippen LogP contribution is -2.50. The molecule has 1 unspecified atom stereocenters. The van der Waals surface area contributed by atoms with Crippen molar-refractivity contribution in [3.63, 3.8) is 0 Å². The molecule has 0 saturated carbocycles. The quantitative estimate of drug-likeness (QED) is 0.495. The summed E-state index contributed by atoms with van der Waals surface area (Å²) in [5, 5.41) is 0. The molecule has 1 atom stereocenters. The number of ether oxygens (including phenoxy) is 1. The average Bonchev–Trinajstić information content (AvgIpc) is 3.23. The number of methoxy groups -OCH3 is 1. The third-order valence-corrected chi connectivity index (χ3v) is 7.57. The van der Waals surface area contributed by atoms with E-state index in [9.17, 15) is 4.79 Å². The Bertz CT molecular complexity index is 1170. The second-order valence-electron chi connectivity index (χ2n) is 9.68. The molecule has 2 aromatic carbocycles. The van der Waals surface area contributed by atoms with Crippen LogP contribution < -0.4 is 15.3 Å². The van der Waals surface area contributed by atoms with Crippen LogP contribution in [0.3, 0.4) is 0 Å². The van der Waals surface area contributed by atoms with Crippen LogP contribution in [0.2, 0.25) is 0 Å². The Balaban J connectivity index is 0.00000289. The standard InChI is InChI=1S/C27H37N5O2.ClH/c1-3-10-31(22-9-8-20-18-23-24(19-21(20)17-22)29-27(33)28-23)14-11-30-12-15-32(16-13-30)25-6-4-5-7-26(25)34-2;/h4-7,18-19,22H,3,8-17H2,1-2H3,(H2,28,29,33);1H. The zero-order valence-corrected chi connectivity index (χ0v) is 21.7. The maximum Gasteiger partial charge on any atom is 0.323 e. The van der Waals surface area contributed by atoms with Crippen molar-refractivity contribution in [3.05, 3.63) is 58.0 Å². The van der Waals surface area contributed by atoms with Crippen molar-refractivity contribution in [3.8, 4) is 5.75 Å². The number of aromatic nitrogens is 2. The molecule has 190 valence electrons. The van der Waals surface area contributed by atoms with E-state index in [1.54, 1.807) is 7.11 Å². The summed E-state index contributed by atoms with van der Waals surface area (Å²) in [6.07, 6.45) is 4.52. The van der Waals surface area contributed by atoms with E-state index >= 15 is 0 Å². The number of halogens is 1. The highest BCUT2D eigenvalue weighted by molar-refractivity contribution is 5.85. The van der Waals surface area contributed by atoms with E-state index in [1.807, 2.05) is 12.1 Å². The molecule has 1 fully saturated rings. The molecule has 1 aliphatic carbocycles. The zero-order valence-electron chi connectivity index (χ0n) is 20.9. The maximum absolute atomic E-state index is 11.7. The molecule has 0 spiro atoms. The normalized spacial score (nSPS) is 18.5. The highest BCUT2D eigenvalue weighted by atomic mass is 35.5. The van der Waals surface area contributed by atoms with Crippen molar-refractivity contribution < 1.29 is 4.74 Å². The number of imidazole rings is 1. The Morgan fingerprint density at radius 1 is 1.03 bits per heavy atom. The summed E-state index contributed by atoms with van der Waals surface area (Å²) < 4.78 is 5.57. The summed E-state index contributed by atoms with van der Waals surface area (Å²) in [6.45, 7) is 9.91. The molecule has 1 saturated heterocycles. The summed E-state index contributed by atoms with van der Waals surface area (Å²) in [7, 11) is 1.75. The topological polar surface area (TPSA) is 67.6 Å². The fourth-order valence-corrected chi connectivity index (χ4v) is 5.72. The molecule has 35 heavy (non-hydrogen) atoms. The molecule has 0 bridgehead atoms. The number of rotatable bonds is 8. The van der Waals surface area contributed by atoms with Crippen LogP contribution >= 0.6 is 12.4 Å². The van der Waals surface area contributed by atoms with Crippen molar-refractivity contribution in [2.24, 2.45) is 0 Å². The van der Waals surface area contributed by atoms with Crippen LogP contribution in [0, 0.1) is 0 Å². The number of fused-ring (bicyclic) bond motifs is 2. The lowest BCUT2D eigenvalue weighted by atomic mass is 9.87. The fraction of sp³-hybridized carbons (Fsp3) is 0.519. The second kappa shape index (κ2) is 11.5. The zero-order chi connectivity index (χ0) is 23.5. The Labute approximate surface area is 213 Å². The number of H-pyrrole nitrogens is 2. The Kier molecular flexibility index (Phi) is 8.42. The molecule has 0 radical (unpaired) electrons. The number of anilines is 1. The Morgan fingerprint density at radius 3 is 2.46 bits per heavy atom. The number of para-hydroxylation sites is 2. The van der Waals surface area contributed by atoms with Crippen molar-refractivity contribution in [2.45, 2.75) is 38.6 Å². The molecule has 1 aliphatic heterocycles. The summed E-state index contributed by atoms with van der Waals surface area (Å²) in [5.74, 6) is 0.962. The summed E-state index contributed by atoms with van der Waals surface area (Å²) in [5.41, 5.74) is 5.73. The van der Waals surface area contributed by atoms with Gasteiger partial charge in [0.15, 0.2) is 0 Å². The summed E-state index contributed by atoms with van der Waals surface area (Å²) in [6, 6.07) is 13.3. The van der Waals surface area contributed by atoms with Gasteiger partial charge in [-0.3, -0.25) is 9.80 Å². The van der Waals surface area contributed by atoms with E-state index in [2.05, 4.69) is 55.9 Å². The van der Waals surface area contributed by atoms with Crippen molar-refractivity contribution >= 4 is 29.1 Å². The number of hydrogen-bond donors (Lipinski definition) is 2. The first-order chi connectivity index (χ1) is 16.6. The van der Waals surface area contributed by atoms with Gasteiger partial charge in [-0.05, 0) is 67.6 Å². The Morgan fingerprint density at radius 2 is 1.74 bits per heavy atom. The highest BCUT2D eigenvalue weighted by Crippen LogP contribution is 2.29. The molecular weight excluding hydrogens is 462 g/mol. The second-order valence-corrected chi connectivity index (χ2v) is 9.68. The minimum atomic E-state index is -0.118. The number of hydrogen-bond acceptors (Lipinski definition) is 5. The van der Waals surface area contributed by atoms with Gasteiger partial charge in [0.2, 0.25) is 0 Å².